The molecule has 2 N–H and O–H groups in total. The highest BCUT2D eigenvalue weighted by Gasteiger charge is 2.40. The standard InChI is InChI=1S/C21H19F3O5/c1-20(25,26)18-11-15(19(29-18)21(22,23)24)12-28-17-9-5-14(6-10-17)13-3-7-16(27-2)8-4-13/h3-11,25-26H,12H2,1-2H3. The van der Waals surface area contributed by atoms with Gasteiger partial charge in [-0.2, -0.15) is 13.2 Å². The average molecular weight is 408 g/mol. The summed E-state index contributed by atoms with van der Waals surface area (Å²) in [5, 5.41) is 19.0. The lowest BCUT2D eigenvalue weighted by atomic mass is 10.1. The Hall–Kier alpha value is -2.97. The summed E-state index contributed by atoms with van der Waals surface area (Å²) in [6.07, 6.45) is -4.79. The number of rotatable bonds is 6. The molecule has 1 heterocycles. The van der Waals surface area contributed by atoms with E-state index in [-0.39, 0.29) is 5.56 Å². The Balaban J connectivity index is 1.75. The van der Waals surface area contributed by atoms with Gasteiger partial charge >= 0.3 is 6.18 Å². The van der Waals surface area contributed by atoms with Crippen LogP contribution in [0.2, 0.25) is 0 Å². The van der Waals surface area contributed by atoms with Crippen LogP contribution in [-0.2, 0) is 18.6 Å². The Kier molecular flexibility index (Phi) is 5.59. The van der Waals surface area contributed by atoms with Crippen molar-refractivity contribution >= 4 is 0 Å². The molecule has 0 saturated carbocycles. The van der Waals surface area contributed by atoms with Crippen LogP contribution in [0.5, 0.6) is 11.5 Å². The highest BCUT2D eigenvalue weighted by molar-refractivity contribution is 5.64. The van der Waals surface area contributed by atoms with Crippen molar-refractivity contribution in [1.82, 2.24) is 0 Å². The van der Waals surface area contributed by atoms with Gasteiger partial charge in [-0.05, 0) is 48.4 Å². The van der Waals surface area contributed by atoms with Crippen molar-refractivity contribution < 1.29 is 37.3 Å². The molecule has 0 aliphatic rings. The van der Waals surface area contributed by atoms with Crippen LogP contribution in [0.1, 0.15) is 24.0 Å². The zero-order chi connectivity index (χ0) is 21.2. The molecule has 0 bridgehead atoms. The van der Waals surface area contributed by atoms with Crippen LogP contribution in [0, 0.1) is 0 Å². The number of benzene rings is 2. The Morgan fingerprint density at radius 1 is 0.897 bits per heavy atom. The first-order valence-corrected chi connectivity index (χ1v) is 8.60. The maximum absolute atomic E-state index is 13.1. The van der Waals surface area contributed by atoms with Crippen LogP contribution >= 0.6 is 0 Å². The van der Waals surface area contributed by atoms with Gasteiger partial charge in [0.15, 0.2) is 5.76 Å². The number of hydrogen-bond donors (Lipinski definition) is 2. The SMILES string of the molecule is COc1ccc(-c2ccc(OCc3cc(C(C)(O)O)oc3C(F)(F)F)cc2)cc1. The Morgan fingerprint density at radius 3 is 1.86 bits per heavy atom. The molecule has 0 unspecified atom stereocenters. The molecule has 0 aliphatic heterocycles. The van der Waals surface area contributed by atoms with Crippen molar-refractivity contribution in [2.45, 2.75) is 25.5 Å². The first-order chi connectivity index (χ1) is 13.6. The van der Waals surface area contributed by atoms with Gasteiger partial charge in [0.2, 0.25) is 11.5 Å². The molecule has 0 radical (unpaired) electrons. The lowest BCUT2D eigenvalue weighted by Crippen LogP contribution is -2.18. The van der Waals surface area contributed by atoms with Gasteiger partial charge in [-0.3, -0.25) is 0 Å². The number of ether oxygens (including phenoxy) is 2. The van der Waals surface area contributed by atoms with E-state index in [1.54, 1.807) is 31.4 Å². The maximum atomic E-state index is 13.1. The van der Waals surface area contributed by atoms with Gasteiger partial charge in [-0.25, -0.2) is 0 Å². The highest BCUT2D eigenvalue weighted by Crippen LogP contribution is 2.37. The summed E-state index contributed by atoms with van der Waals surface area (Å²) in [6.45, 7) is 0.463. The zero-order valence-corrected chi connectivity index (χ0v) is 15.7. The van der Waals surface area contributed by atoms with Crippen LogP contribution in [0.25, 0.3) is 11.1 Å². The molecule has 3 aromatic rings. The predicted molar refractivity (Wildman–Crippen MR) is 98.3 cm³/mol. The molecule has 8 heteroatoms. The van der Waals surface area contributed by atoms with Gasteiger partial charge in [-0.1, -0.05) is 24.3 Å². The van der Waals surface area contributed by atoms with E-state index in [0.29, 0.717) is 5.75 Å². The van der Waals surface area contributed by atoms with Gasteiger partial charge in [0.25, 0.3) is 0 Å². The Labute approximate surface area is 164 Å². The number of alkyl halides is 3. The molecular formula is C21H19F3O5. The van der Waals surface area contributed by atoms with Crippen LogP contribution in [-0.4, -0.2) is 17.3 Å². The van der Waals surface area contributed by atoms with E-state index >= 15 is 0 Å². The minimum atomic E-state index is -4.79. The minimum absolute atomic E-state index is 0.332. The van der Waals surface area contributed by atoms with Crippen molar-refractivity contribution in [1.29, 1.82) is 0 Å². The number of furan rings is 1. The van der Waals surface area contributed by atoms with Gasteiger partial charge in [0.1, 0.15) is 18.1 Å². The second kappa shape index (κ2) is 7.81. The van der Waals surface area contributed by atoms with Crippen LogP contribution in [0.3, 0.4) is 0 Å². The topological polar surface area (TPSA) is 72.1 Å². The normalized spacial score (nSPS) is 12.1. The quantitative estimate of drug-likeness (QED) is 0.578. The lowest BCUT2D eigenvalue weighted by Gasteiger charge is -2.11. The summed E-state index contributed by atoms with van der Waals surface area (Å²) < 4.78 is 54.6. The van der Waals surface area contributed by atoms with Gasteiger partial charge < -0.3 is 24.1 Å². The van der Waals surface area contributed by atoms with Gasteiger partial charge in [-0.15, -0.1) is 0 Å². The molecule has 0 fully saturated rings. The first kappa shape index (κ1) is 20.8. The monoisotopic (exact) mass is 408 g/mol. The molecule has 0 spiro atoms. The van der Waals surface area contributed by atoms with E-state index in [9.17, 15) is 23.4 Å². The fraction of sp³-hybridized carbons (Fsp3) is 0.238. The molecule has 5 nitrogen and oxygen atoms in total. The highest BCUT2D eigenvalue weighted by atomic mass is 19.4. The molecule has 0 saturated heterocycles. The molecule has 0 aliphatic carbocycles. The second-order valence-electron chi connectivity index (χ2n) is 6.53. The summed E-state index contributed by atoms with van der Waals surface area (Å²) in [7, 11) is 1.58. The van der Waals surface area contributed by atoms with E-state index in [0.717, 1.165) is 29.9 Å². The minimum Gasteiger partial charge on any atom is -0.497 e. The van der Waals surface area contributed by atoms with Crippen molar-refractivity contribution in [2.75, 3.05) is 7.11 Å². The Bertz CT molecular complexity index is 952. The van der Waals surface area contributed by atoms with Crippen molar-refractivity contribution in [3.05, 3.63) is 71.7 Å². The van der Waals surface area contributed by atoms with Gasteiger partial charge in [0.05, 0.1) is 7.11 Å². The zero-order valence-electron chi connectivity index (χ0n) is 15.7. The lowest BCUT2D eigenvalue weighted by molar-refractivity contribution is -0.178. The van der Waals surface area contributed by atoms with Crippen molar-refractivity contribution in [3.8, 4) is 22.6 Å². The van der Waals surface area contributed by atoms with Gasteiger partial charge in [0, 0.05) is 5.56 Å². The predicted octanol–water partition coefficient (Wildman–Crippen LogP) is 4.71. The Morgan fingerprint density at radius 2 is 1.41 bits per heavy atom. The molecule has 154 valence electrons. The van der Waals surface area contributed by atoms with Crippen LogP contribution < -0.4 is 9.47 Å². The molecule has 3 rings (SSSR count). The van der Waals surface area contributed by atoms with E-state index in [1.165, 1.54) is 0 Å². The summed E-state index contributed by atoms with van der Waals surface area (Å²) in [5.41, 5.74) is 1.51. The number of aliphatic hydroxyl groups is 2. The van der Waals surface area contributed by atoms with Crippen molar-refractivity contribution in [2.24, 2.45) is 0 Å². The summed E-state index contributed by atoms with van der Waals surface area (Å²) >= 11 is 0. The number of hydrogen-bond acceptors (Lipinski definition) is 5. The smallest absolute Gasteiger partial charge is 0.449 e. The fourth-order valence-electron chi connectivity index (χ4n) is 2.70. The third-order valence-corrected chi connectivity index (χ3v) is 4.21. The molecular weight excluding hydrogens is 389 g/mol. The van der Waals surface area contributed by atoms with E-state index < -0.39 is 30.1 Å². The summed E-state index contributed by atoms with van der Waals surface area (Å²) in [4.78, 5) is 0. The number of methoxy groups -OCH3 is 1. The van der Waals surface area contributed by atoms with E-state index in [2.05, 4.69) is 4.42 Å². The fourth-order valence-corrected chi connectivity index (χ4v) is 2.70. The first-order valence-electron chi connectivity index (χ1n) is 8.60. The van der Waals surface area contributed by atoms with Crippen LogP contribution in [0.4, 0.5) is 13.2 Å². The average Bonchev–Trinajstić information content (AvgIpc) is 3.12. The van der Waals surface area contributed by atoms with E-state index in [1.807, 2.05) is 24.3 Å². The largest absolute Gasteiger partial charge is 0.497 e. The maximum Gasteiger partial charge on any atom is 0.449 e. The summed E-state index contributed by atoms with van der Waals surface area (Å²) in [6, 6.07) is 15.2. The molecule has 2 aromatic carbocycles. The van der Waals surface area contributed by atoms with Crippen molar-refractivity contribution in [3.63, 3.8) is 0 Å². The molecule has 29 heavy (non-hydrogen) atoms. The molecule has 1 aromatic heterocycles. The third kappa shape index (κ3) is 4.90. The number of halogens is 3. The molecule has 0 atom stereocenters. The van der Waals surface area contributed by atoms with Crippen LogP contribution in [0.15, 0.2) is 59.0 Å². The van der Waals surface area contributed by atoms with E-state index in [4.69, 9.17) is 9.47 Å². The summed E-state index contributed by atoms with van der Waals surface area (Å²) in [5.74, 6) is -3.38. The molecule has 0 amide bonds. The second-order valence-corrected chi connectivity index (χ2v) is 6.53. The third-order valence-electron chi connectivity index (χ3n) is 4.21.